The minimum absolute atomic E-state index is 0.0250. The van der Waals surface area contributed by atoms with Crippen LogP contribution in [0.5, 0.6) is 5.75 Å². The van der Waals surface area contributed by atoms with Crippen LogP contribution < -0.4 is 0 Å². The smallest absolute Gasteiger partial charge is 0.416 e. The van der Waals surface area contributed by atoms with E-state index in [0.29, 0.717) is 46.1 Å². The van der Waals surface area contributed by atoms with Crippen LogP contribution in [0.2, 0.25) is 5.02 Å². The number of carbonyl (C=O) groups is 1. The van der Waals surface area contributed by atoms with Gasteiger partial charge in [0, 0.05) is 21.8 Å². The molecule has 0 radical (unpaired) electrons. The van der Waals surface area contributed by atoms with E-state index in [2.05, 4.69) is 4.98 Å². The van der Waals surface area contributed by atoms with Crippen molar-refractivity contribution in [3.63, 3.8) is 0 Å². The third kappa shape index (κ3) is 6.08. The summed E-state index contributed by atoms with van der Waals surface area (Å²) in [6.45, 7) is 3.26. The summed E-state index contributed by atoms with van der Waals surface area (Å²) in [6, 6.07) is 8.04. The van der Waals surface area contributed by atoms with Crippen molar-refractivity contribution in [1.82, 2.24) is 9.88 Å². The van der Waals surface area contributed by atoms with Gasteiger partial charge in [0.05, 0.1) is 29.4 Å². The van der Waals surface area contributed by atoms with Crippen LogP contribution in [0.1, 0.15) is 54.5 Å². The average Bonchev–Trinajstić information content (AvgIpc) is 3.13. The van der Waals surface area contributed by atoms with Gasteiger partial charge in [-0.2, -0.15) is 26.3 Å². The van der Waals surface area contributed by atoms with Crippen LogP contribution in [0.3, 0.4) is 0 Å². The van der Waals surface area contributed by atoms with Gasteiger partial charge in [-0.15, -0.1) is 0 Å². The number of aromatic nitrogens is 1. The first-order valence-electron chi connectivity index (χ1n) is 11.9. The number of rotatable bonds is 6. The number of pyridine rings is 1. The zero-order chi connectivity index (χ0) is 28.7. The quantitative estimate of drug-likeness (QED) is 0.303. The van der Waals surface area contributed by atoms with Crippen LogP contribution in [0.25, 0.3) is 11.1 Å². The summed E-state index contributed by atoms with van der Waals surface area (Å²) in [5.74, 6) is -0.0583. The fraction of sp³-hybridized carbons (Fsp3) is 0.333. The van der Waals surface area contributed by atoms with Gasteiger partial charge in [-0.3, -0.25) is 9.88 Å². The molecule has 2 heterocycles. The van der Waals surface area contributed by atoms with Crippen molar-refractivity contribution in [2.45, 2.75) is 57.7 Å². The highest BCUT2D eigenvalue weighted by Gasteiger charge is 2.43. The lowest BCUT2D eigenvalue weighted by molar-refractivity contribution is -0.143. The Bertz CT molecular complexity index is 1360. The highest BCUT2D eigenvalue weighted by Crippen LogP contribution is 2.42. The molecule has 1 aliphatic rings. The minimum Gasteiger partial charge on any atom is -0.508 e. The molecule has 2 aromatic carbocycles. The molecule has 0 saturated carbocycles. The molecule has 0 bridgehead atoms. The molecule has 3 aromatic rings. The van der Waals surface area contributed by atoms with Gasteiger partial charge in [-0.25, -0.2) is 4.79 Å². The first-order valence-corrected chi connectivity index (χ1v) is 12.3. The molecular formula is C27H23ClF6N2O3. The predicted octanol–water partition coefficient (Wildman–Crippen LogP) is 8.18. The van der Waals surface area contributed by atoms with E-state index in [0.717, 1.165) is 6.42 Å². The molecule has 2 atom stereocenters. The maximum absolute atomic E-state index is 13.4. The number of hydrogen-bond acceptors (Lipinski definition) is 4. The third-order valence-electron chi connectivity index (χ3n) is 6.43. The number of aromatic hydroxyl groups is 1. The van der Waals surface area contributed by atoms with Gasteiger partial charge < -0.3 is 9.84 Å². The number of carbonyl (C=O) groups excluding carboxylic acids is 1. The number of alkyl halides is 6. The number of cyclic esters (lactones) is 1. The lowest BCUT2D eigenvalue weighted by Crippen LogP contribution is -2.32. The fourth-order valence-corrected chi connectivity index (χ4v) is 4.71. The van der Waals surface area contributed by atoms with Gasteiger partial charge in [-0.1, -0.05) is 31.0 Å². The van der Waals surface area contributed by atoms with Crippen LogP contribution in [-0.4, -0.2) is 27.1 Å². The lowest BCUT2D eigenvalue weighted by atomic mass is 9.97. The molecule has 5 nitrogen and oxygen atoms in total. The van der Waals surface area contributed by atoms with Crippen molar-refractivity contribution >= 4 is 17.7 Å². The summed E-state index contributed by atoms with van der Waals surface area (Å²) < 4.78 is 85.7. The Kier molecular flexibility index (Phi) is 7.75. The van der Waals surface area contributed by atoms with Crippen molar-refractivity contribution < 1.29 is 41.0 Å². The second-order valence-corrected chi connectivity index (χ2v) is 9.63. The van der Waals surface area contributed by atoms with Crippen LogP contribution in [0.4, 0.5) is 31.1 Å². The largest absolute Gasteiger partial charge is 0.508 e. The Morgan fingerprint density at radius 3 is 2.21 bits per heavy atom. The van der Waals surface area contributed by atoms with E-state index in [4.69, 9.17) is 16.3 Å². The molecule has 1 aromatic heterocycles. The first kappa shape index (κ1) is 28.5. The molecule has 0 aliphatic carbocycles. The van der Waals surface area contributed by atoms with Crippen LogP contribution >= 0.6 is 11.6 Å². The second-order valence-electron chi connectivity index (χ2n) is 9.22. The minimum atomic E-state index is -5.04. The maximum atomic E-state index is 13.4. The lowest BCUT2D eigenvalue weighted by Gasteiger charge is -2.23. The summed E-state index contributed by atoms with van der Waals surface area (Å²) in [5, 5.41) is 10.3. The van der Waals surface area contributed by atoms with Crippen molar-refractivity contribution in [3.05, 3.63) is 81.6 Å². The molecule has 1 aliphatic heterocycles. The first-order chi connectivity index (χ1) is 18.2. The molecule has 12 heteroatoms. The van der Waals surface area contributed by atoms with Crippen molar-refractivity contribution in [1.29, 1.82) is 0 Å². The van der Waals surface area contributed by atoms with Gasteiger partial charge in [-0.05, 0) is 61.4 Å². The number of aryl methyl sites for hydroxylation is 1. The van der Waals surface area contributed by atoms with Crippen molar-refractivity contribution in [2.24, 2.45) is 0 Å². The maximum Gasteiger partial charge on any atom is 0.416 e. The molecule has 208 valence electrons. The molecule has 0 spiro atoms. The molecule has 4 rings (SSSR count). The van der Waals surface area contributed by atoms with E-state index in [1.165, 1.54) is 30.0 Å². The number of nitrogens with zero attached hydrogens (tertiary/aromatic N) is 2. The highest BCUT2D eigenvalue weighted by molar-refractivity contribution is 6.33. The number of halogens is 7. The summed E-state index contributed by atoms with van der Waals surface area (Å²) in [5.41, 5.74) is -1.41. The number of amides is 1. The van der Waals surface area contributed by atoms with Gasteiger partial charge in [0.1, 0.15) is 11.9 Å². The predicted molar refractivity (Wildman–Crippen MR) is 131 cm³/mol. The zero-order valence-electron chi connectivity index (χ0n) is 20.7. The van der Waals surface area contributed by atoms with Crippen molar-refractivity contribution in [2.75, 3.05) is 0 Å². The van der Waals surface area contributed by atoms with Gasteiger partial charge in [0.15, 0.2) is 0 Å². The Morgan fingerprint density at radius 1 is 0.974 bits per heavy atom. The zero-order valence-corrected chi connectivity index (χ0v) is 21.5. The van der Waals surface area contributed by atoms with E-state index in [-0.39, 0.29) is 18.4 Å². The van der Waals surface area contributed by atoms with E-state index in [9.17, 15) is 36.2 Å². The normalized spacial score (nSPS) is 18.0. The third-order valence-corrected chi connectivity index (χ3v) is 6.76. The number of ether oxygens (including phenoxy) is 1. The summed E-state index contributed by atoms with van der Waals surface area (Å²) in [6.07, 6.45) is -11.0. The number of hydrogen-bond donors (Lipinski definition) is 1. The summed E-state index contributed by atoms with van der Waals surface area (Å²) >= 11 is 6.36. The molecule has 0 unspecified atom stereocenters. The second kappa shape index (κ2) is 10.6. The Labute approximate surface area is 225 Å². The van der Waals surface area contributed by atoms with Crippen LogP contribution in [0, 0.1) is 0 Å². The molecule has 1 fully saturated rings. The molecule has 1 amide bonds. The number of phenols is 1. The molecule has 39 heavy (non-hydrogen) atoms. The van der Waals surface area contributed by atoms with Gasteiger partial charge >= 0.3 is 18.4 Å². The van der Waals surface area contributed by atoms with Crippen molar-refractivity contribution in [3.8, 4) is 16.9 Å². The van der Waals surface area contributed by atoms with Gasteiger partial charge in [0.2, 0.25) is 0 Å². The van der Waals surface area contributed by atoms with Gasteiger partial charge in [0.25, 0.3) is 0 Å². The Hall–Kier alpha value is -3.47. The van der Waals surface area contributed by atoms with Crippen LogP contribution in [-0.2, 0) is 30.1 Å². The number of benzene rings is 2. The Morgan fingerprint density at radius 2 is 1.62 bits per heavy atom. The number of phenolic OH excluding ortho intramolecular Hbond substituents is 1. The van der Waals surface area contributed by atoms with E-state index >= 15 is 0 Å². The summed E-state index contributed by atoms with van der Waals surface area (Å²) in [4.78, 5) is 18.7. The topological polar surface area (TPSA) is 62.7 Å². The highest BCUT2D eigenvalue weighted by atomic mass is 35.5. The fourth-order valence-electron chi connectivity index (χ4n) is 4.49. The van der Waals surface area contributed by atoms with E-state index in [1.54, 1.807) is 12.1 Å². The SMILES string of the molecule is CCCc1ccc(-c2cc(O)ccc2Cl)c(CN2C(=O)O[C@H](c3cc(C(F)(F)F)cc(C(F)(F)F)c3)[C@@H]2C)n1. The van der Waals surface area contributed by atoms with Crippen LogP contribution in [0.15, 0.2) is 48.5 Å². The standard InChI is InChI=1S/C27H23ClF6N2O3/c1-3-4-18-5-7-20(21-12-19(37)6-8-22(21)28)23(35-18)13-36-14(2)24(39-25(36)38)15-9-16(26(29,30)31)11-17(10-15)27(32,33)34/h5-12,14,24,37H,3-4,13H2,1-2H3/t14-,24-/m0/s1. The van der Waals surface area contributed by atoms with E-state index in [1.807, 2.05) is 6.92 Å². The molecule has 1 saturated heterocycles. The Balaban J connectivity index is 1.73. The average molecular weight is 573 g/mol. The van der Waals surface area contributed by atoms with E-state index < -0.39 is 47.3 Å². The monoisotopic (exact) mass is 572 g/mol. The molecule has 1 N–H and O–H groups in total. The molecular weight excluding hydrogens is 550 g/mol. The summed E-state index contributed by atoms with van der Waals surface area (Å²) in [7, 11) is 0.